The first-order chi connectivity index (χ1) is 7.58. The van der Waals surface area contributed by atoms with Gasteiger partial charge in [0, 0.05) is 5.56 Å². The second-order valence-corrected chi connectivity index (χ2v) is 4.70. The lowest BCUT2D eigenvalue weighted by atomic mass is 10.1. The van der Waals surface area contributed by atoms with Crippen molar-refractivity contribution in [2.75, 3.05) is 0 Å². The average Bonchev–Trinajstić information content (AvgIpc) is 2.68. The third-order valence-electron chi connectivity index (χ3n) is 1.98. The standard InChI is InChI=1S/C11H5Br2FO2/c12-7-2-1-6(5-8(7)14)11(15)9-3-4-10(13)16-9/h1-5H. The van der Waals surface area contributed by atoms with E-state index in [1.807, 2.05) is 0 Å². The molecular formula is C11H5Br2FO2. The van der Waals surface area contributed by atoms with Crippen molar-refractivity contribution in [2.24, 2.45) is 0 Å². The molecule has 1 aromatic heterocycles. The van der Waals surface area contributed by atoms with E-state index in [0.717, 1.165) is 0 Å². The van der Waals surface area contributed by atoms with Gasteiger partial charge in [0.15, 0.2) is 10.4 Å². The molecule has 1 aromatic carbocycles. The van der Waals surface area contributed by atoms with Gasteiger partial charge in [-0.1, -0.05) is 0 Å². The predicted octanol–water partition coefficient (Wildman–Crippen LogP) is 4.17. The van der Waals surface area contributed by atoms with E-state index in [1.165, 1.54) is 24.3 Å². The number of carbonyl (C=O) groups is 1. The molecule has 16 heavy (non-hydrogen) atoms. The number of ketones is 1. The van der Waals surface area contributed by atoms with E-state index in [1.54, 1.807) is 6.07 Å². The maximum absolute atomic E-state index is 13.2. The van der Waals surface area contributed by atoms with Crippen LogP contribution in [0.3, 0.4) is 0 Å². The van der Waals surface area contributed by atoms with Gasteiger partial charge in [0.2, 0.25) is 5.78 Å². The van der Waals surface area contributed by atoms with Gasteiger partial charge in [0.1, 0.15) is 5.82 Å². The van der Waals surface area contributed by atoms with Gasteiger partial charge in [-0.25, -0.2) is 4.39 Å². The smallest absolute Gasteiger partial charge is 0.228 e. The highest BCUT2D eigenvalue weighted by atomic mass is 79.9. The Hall–Kier alpha value is -0.940. The van der Waals surface area contributed by atoms with Crippen molar-refractivity contribution in [2.45, 2.75) is 0 Å². The average molecular weight is 348 g/mol. The van der Waals surface area contributed by atoms with Crippen LogP contribution in [0, 0.1) is 5.82 Å². The van der Waals surface area contributed by atoms with Gasteiger partial charge in [-0.15, -0.1) is 0 Å². The second kappa shape index (κ2) is 4.51. The summed E-state index contributed by atoms with van der Waals surface area (Å²) in [4.78, 5) is 11.8. The molecule has 0 saturated carbocycles. The SMILES string of the molecule is O=C(c1ccc(Br)c(F)c1)c1ccc(Br)o1. The highest BCUT2D eigenvalue weighted by molar-refractivity contribution is 9.10. The van der Waals surface area contributed by atoms with Gasteiger partial charge in [-0.2, -0.15) is 0 Å². The highest BCUT2D eigenvalue weighted by Crippen LogP contribution is 2.21. The Balaban J connectivity index is 2.38. The third kappa shape index (κ3) is 2.25. The number of hydrogen-bond acceptors (Lipinski definition) is 2. The van der Waals surface area contributed by atoms with Gasteiger partial charge < -0.3 is 4.42 Å². The molecule has 0 unspecified atom stereocenters. The number of rotatable bonds is 2. The van der Waals surface area contributed by atoms with Crippen molar-refractivity contribution in [3.8, 4) is 0 Å². The highest BCUT2D eigenvalue weighted by Gasteiger charge is 2.14. The van der Waals surface area contributed by atoms with Crippen LogP contribution in [0.15, 0.2) is 43.9 Å². The van der Waals surface area contributed by atoms with Crippen molar-refractivity contribution >= 4 is 37.6 Å². The first kappa shape index (κ1) is 11.5. The van der Waals surface area contributed by atoms with Crippen LogP contribution in [0.25, 0.3) is 0 Å². The zero-order valence-electron chi connectivity index (χ0n) is 7.84. The van der Waals surface area contributed by atoms with Gasteiger partial charge in [0.25, 0.3) is 0 Å². The summed E-state index contributed by atoms with van der Waals surface area (Å²) in [7, 11) is 0. The van der Waals surface area contributed by atoms with E-state index < -0.39 is 5.82 Å². The Morgan fingerprint density at radius 1 is 1.19 bits per heavy atom. The van der Waals surface area contributed by atoms with Gasteiger partial charge in [-0.05, 0) is 62.2 Å². The monoisotopic (exact) mass is 346 g/mol. The first-order valence-corrected chi connectivity index (χ1v) is 5.91. The number of halogens is 3. The van der Waals surface area contributed by atoms with Crippen LogP contribution < -0.4 is 0 Å². The van der Waals surface area contributed by atoms with E-state index in [2.05, 4.69) is 31.9 Å². The summed E-state index contributed by atoms with van der Waals surface area (Å²) >= 11 is 6.12. The molecule has 0 aliphatic heterocycles. The molecule has 0 amide bonds. The van der Waals surface area contributed by atoms with Crippen molar-refractivity contribution in [1.29, 1.82) is 0 Å². The lowest BCUT2D eigenvalue weighted by Gasteiger charge is -1.99. The molecule has 0 bridgehead atoms. The minimum atomic E-state index is -0.475. The fraction of sp³-hybridized carbons (Fsp3) is 0. The number of benzene rings is 1. The molecule has 0 spiro atoms. The summed E-state index contributed by atoms with van der Waals surface area (Å²) in [5.41, 5.74) is 0.252. The van der Waals surface area contributed by atoms with Crippen LogP contribution in [-0.4, -0.2) is 5.78 Å². The van der Waals surface area contributed by atoms with E-state index in [0.29, 0.717) is 9.14 Å². The fourth-order valence-electron chi connectivity index (χ4n) is 1.22. The van der Waals surface area contributed by atoms with E-state index in [4.69, 9.17) is 4.42 Å². The largest absolute Gasteiger partial charge is 0.446 e. The Morgan fingerprint density at radius 2 is 1.94 bits per heavy atom. The molecule has 0 radical (unpaired) electrons. The molecule has 0 fully saturated rings. The normalized spacial score (nSPS) is 10.4. The van der Waals surface area contributed by atoms with Crippen molar-refractivity contribution < 1.29 is 13.6 Å². The Morgan fingerprint density at radius 3 is 2.50 bits per heavy atom. The molecule has 5 heteroatoms. The second-order valence-electron chi connectivity index (χ2n) is 3.06. The fourth-order valence-corrected chi connectivity index (χ4v) is 1.77. The lowest BCUT2D eigenvalue weighted by Crippen LogP contribution is -2.00. The van der Waals surface area contributed by atoms with Gasteiger partial charge in [-0.3, -0.25) is 4.79 Å². The Kier molecular flexibility index (Phi) is 3.25. The summed E-state index contributed by atoms with van der Waals surface area (Å²) in [6.45, 7) is 0. The van der Waals surface area contributed by atoms with Crippen LogP contribution in [0.5, 0.6) is 0 Å². The zero-order valence-corrected chi connectivity index (χ0v) is 11.0. The minimum absolute atomic E-state index is 0.175. The van der Waals surface area contributed by atoms with Gasteiger partial charge in [0.05, 0.1) is 4.47 Å². The van der Waals surface area contributed by atoms with Crippen molar-refractivity contribution in [1.82, 2.24) is 0 Å². The molecule has 82 valence electrons. The summed E-state index contributed by atoms with van der Waals surface area (Å²) in [5.74, 6) is -0.651. The molecule has 0 aliphatic rings. The summed E-state index contributed by atoms with van der Waals surface area (Å²) in [5, 5.41) is 0. The molecule has 2 rings (SSSR count). The Bertz CT molecular complexity index is 549. The number of hydrogen-bond donors (Lipinski definition) is 0. The lowest BCUT2D eigenvalue weighted by molar-refractivity contribution is 0.101. The predicted molar refractivity (Wildman–Crippen MR) is 63.9 cm³/mol. The maximum Gasteiger partial charge on any atom is 0.228 e. The van der Waals surface area contributed by atoms with Crippen molar-refractivity contribution in [3.05, 3.63) is 56.6 Å². The zero-order chi connectivity index (χ0) is 11.7. The topological polar surface area (TPSA) is 30.2 Å². The van der Waals surface area contributed by atoms with Crippen LogP contribution in [0.4, 0.5) is 4.39 Å². The van der Waals surface area contributed by atoms with Crippen LogP contribution in [0.1, 0.15) is 16.1 Å². The molecule has 0 atom stereocenters. The number of carbonyl (C=O) groups excluding carboxylic acids is 1. The maximum atomic E-state index is 13.2. The van der Waals surface area contributed by atoms with E-state index >= 15 is 0 Å². The Labute approximate surface area is 108 Å². The van der Waals surface area contributed by atoms with E-state index in [9.17, 15) is 9.18 Å². The summed E-state index contributed by atoms with van der Waals surface area (Å²) < 4.78 is 19.1. The summed E-state index contributed by atoms with van der Waals surface area (Å²) in [6.07, 6.45) is 0. The third-order valence-corrected chi connectivity index (χ3v) is 3.05. The van der Waals surface area contributed by atoms with Crippen LogP contribution in [0.2, 0.25) is 0 Å². The molecule has 0 saturated heterocycles. The van der Waals surface area contributed by atoms with Crippen molar-refractivity contribution in [3.63, 3.8) is 0 Å². The number of furan rings is 1. The molecule has 1 heterocycles. The molecule has 0 aliphatic carbocycles. The quantitative estimate of drug-likeness (QED) is 0.763. The minimum Gasteiger partial charge on any atom is -0.446 e. The van der Waals surface area contributed by atoms with Crippen LogP contribution >= 0.6 is 31.9 Å². The van der Waals surface area contributed by atoms with E-state index in [-0.39, 0.29) is 17.1 Å². The van der Waals surface area contributed by atoms with Crippen LogP contribution in [-0.2, 0) is 0 Å². The molecular weight excluding hydrogens is 343 g/mol. The van der Waals surface area contributed by atoms with Gasteiger partial charge >= 0.3 is 0 Å². The molecule has 0 N–H and O–H groups in total. The summed E-state index contributed by atoms with van der Waals surface area (Å²) in [6, 6.07) is 7.34. The molecule has 2 aromatic rings. The molecule has 2 nitrogen and oxygen atoms in total. The first-order valence-electron chi connectivity index (χ1n) is 4.33.